The molecule has 0 bridgehead atoms. The highest BCUT2D eigenvalue weighted by molar-refractivity contribution is 5.94. The molecule has 1 saturated carbocycles. The third-order valence-electron chi connectivity index (χ3n) is 3.71. The summed E-state index contributed by atoms with van der Waals surface area (Å²) in [6.07, 6.45) is 3.29. The first-order valence-electron chi connectivity index (χ1n) is 6.68. The normalized spacial score (nSPS) is 22.8. The molecule has 2 atom stereocenters. The van der Waals surface area contributed by atoms with Crippen LogP contribution in [0.5, 0.6) is 0 Å². The van der Waals surface area contributed by atoms with Gasteiger partial charge in [-0.15, -0.1) is 0 Å². The van der Waals surface area contributed by atoms with Crippen LogP contribution in [0.3, 0.4) is 0 Å². The molecular weight excluding hydrogens is 242 g/mol. The minimum atomic E-state index is -0.811. The van der Waals surface area contributed by atoms with Crippen LogP contribution in [0.25, 0.3) is 0 Å². The number of carboxylic acids is 1. The lowest BCUT2D eigenvalue weighted by atomic mass is 9.84. The summed E-state index contributed by atoms with van der Waals surface area (Å²) < 4.78 is 0. The van der Waals surface area contributed by atoms with Gasteiger partial charge in [-0.3, -0.25) is 9.59 Å². The molecule has 1 fully saturated rings. The summed E-state index contributed by atoms with van der Waals surface area (Å²) >= 11 is 0. The molecule has 1 aliphatic rings. The molecule has 0 radical (unpaired) electrons. The van der Waals surface area contributed by atoms with E-state index in [1.54, 1.807) is 12.1 Å². The second-order valence-electron chi connectivity index (χ2n) is 5.18. The molecule has 0 heterocycles. The van der Waals surface area contributed by atoms with Gasteiger partial charge in [-0.25, -0.2) is 0 Å². The Labute approximate surface area is 112 Å². The van der Waals surface area contributed by atoms with Crippen LogP contribution in [0, 0.1) is 12.8 Å². The molecule has 2 rings (SSSR count). The van der Waals surface area contributed by atoms with Crippen molar-refractivity contribution in [3.05, 3.63) is 35.4 Å². The van der Waals surface area contributed by atoms with Crippen molar-refractivity contribution in [1.29, 1.82) is 0 Å². The van der Waals surface area contributed by atoms with E-state index in [1.807, 2.05) is 19.1 Å². The first-order valence-corrected chi connectivity index (χ1v) is 6.68. The van der Waals surface area contributed by atoms with Gasteiger partial charge in [0.25, 0.3) is 5.91 Å². The van der Waals surface area contributed by atoms with Gasteiger partial charge in [0.15, 0.2) is 0 Å². The quantitative estimate of drug-likeness (QED) is 0.877. The number of nitrogens with one attached hydrogen (secondary N) is 1. The van der Waals surface area contributed by atoms with Crippen LogP contribution in [-0.4, -0.2) is 23.0 Å². The van der Waals surface area contributed by atoms with E-state index in [4.69, 9.17) is 0 Å². The average molecular weight is 261 g/mol. The summed E-state index contributed by atoms with van der Waals surface area (Å²) in [5, 5.41) is 12.0. The number of rotatable bonds is 3. The van der Waals surface area contributed by atoms with Crippen molar-refractivity contribution in [3.8, 4) is 0 Å². The van der Waals surface area contributed by atoms with E-state index in [2.05, 4.69) is 5.32 Å². The van der Waals surface area contributed by atoms with E-state index in [0.29, 0.717) is 12.0 Å². The molecule has 2 unspecified atom stereocenters. The van der Waals surface area contributed by atoms with Crippen molar-refractivity contribution in [3.63, 3.8) is 0 Å². The highest BCUT2D eigenvalue weighted by Crippen LogP contribution is 2.25. The van der Waals surface area contributed by atoms with Crippen molar-refractivity contribution in [2.45, 2.75) is 38.6 Å². The Bertz CT molecular complexity index is 467. The van der Waals surface area contributed by atoms with Gasteiger partial charge in [0.05, 0.1) is 5.92 Å². The van der Waals surface area contributed by atoms with Crippen LogP contribution < -0.4 is 5.32 Å². The summed E-state index contributed by atoms with van der Waals surface area (Å²) in [6.45, 7) is 1.96. The molecule has 0 aromatic heterocycles. The second-order valence-corrected chi connectivity index (χ2v) is 5.18. The number of carbonyl (C=O) groups is 2. The van der Waals surface area contributed by atoms with Crippen molar-refractivity contribution < 1.29 is 14.7 Å². The second kappa shape index (κ2) is 5.87. The Hall–Kier alpha value is -1.84. The van der Waals surface area contributed by atoms with Gasteiger partial charge in [-0.1, -0.05) is 30.5 Å². The number of aliphatic carboxylic acids is 1. The topological polar surface area (TPSA) is 66.4 Å². The zero-order chi connectivity index (χ0) is 13.8. The van der Waals surface area contributed by atoms with Crippen LogP contribution in [-0.2, 0) is 4.79 Å². The molecular formula is C15H19NO3. The van der Waals surface area contributed by atoms with Gasteiger partial charge >= 0.3 is 5.97 Å². The Kier molecular flexibility index (Phi) is 4.20. The molecule has 1 aromatic rings. The van der Waals surface area contributed by atoms with Crippen molar-refractivity contribution in [2.24, 2.45) is 5.92 Å². The molecule has 0 saturated heterocycles. The maximum Gasteiger partial charge on any atom is 0.308 e. The van der Waals surface area contributed by atoms with Crippen LogP contribution in [0.15, 0.2) is 24.3 Å². The average Bonchev–Trinajstić information content (AvgIpc) is 2.39. The lowest BCUT2D eigenvalue weighted by molar-refractivity contribution is -0.143. The Balaban J connectivity index is 2.04. The predicted octanol–water partition coefficient (Wildman–Crippen LogP) is 2.37. The maximum absolute atomic E-state index is 12.1. The number of hydrogen-bond acceptors (Lipinski definition) is 2. The number of benzene rings is 1. The monoisotopic (exact) mass is 261 g/mol. The van der Waals surface area contributed by atoms with Crippen molar-refractivity contribution in [1.82, 2.24) is 5.32 Å². The summed E-state index contributed by atoms with van der Waals surface area (Å²) in [4.78, 5) is 23.3. The number of carbonyl (C=O) groups excluding carboxylic acids is 1. The van der Waals surface area contributed by atoms with Crippen molar-refractivity contribution in [2.75, 3.05) is 0 Å². The summed E-state index contributed by atoms with van der Waals surface area (Å²) in [5.74, 6) is -1.45. The van der Waals surface area contributed by atoms with Gasteiger partial charge in [-0.05, 0) is 31.9 Å². The van der Waals surface area contributed by atoms with Gasteiger partial charge in [-0.2, -0.15) is 0 Å². The van der Waals surface area contributed by atoms with Crippen LogP contribution in [0.1, 0.15) is 41.6 Å². The largest absolute Gasteiger partial charge is 0.481 e. The van der Waals surface area contributed by atoms with E-state index in [1.165, 1.54) is 0 Å². The van der Waals surface area contributed by atoms with Crippen LogP contribution in [0.2, 0.25) is 0 Å². The predicted molar refractivity (Wildman–Crippen MR) is 72.0 cm³/mol. The molecule has 0 aliphatic heterocycles. The Morgan fingerprint density at radius 1 is 1.16 bits per heavy atom. The van der Waals surface area contributed by atoms with Crippen LogP contribution in [0.4, 0.5) is 0 Å². The lowest BCUT2D eigenvalue weighted by Gasteiger charge is -2.29. The fraction of sp³-hybridized carbons (Fsp3) is 0.467. The zero-order valence-electron chi connectivity index (χ0n) is 11.1. The minimum Gasteiger partial charge on any atom is -0.481 e. The Morgan fingerprint density at radius 2 is 1.79 bits per heavy atom. The molecule has 2 N–H and O–H groups in total. The van der Waals surface area contributed by atoms with Gasteiger partial charge < -0.3 is 10.4 Å². The molecule has 19 heavy (non-hydrogen) atoms. The molecule has 4 heteroatoms. The molecule has 1 amide bonds. The minimum absolute atomic E-state index is 0.182. The fourth-order valence-electron chi connectivity index (χ4n) is 2.56. The number of carboxylic acid groups (broad SMARTS) is 1. The third-order valence-corrected chi connectivity index (χ3v) is 3.71. The lowest BCUT2D eigenvalue weighted by Crippen LogP contribution is -2.45. The van der Waals surface area contributed by atoms with E-state index in [9.17, 15) is 14.7 Å². The van der Waals surface area contributed by atoms with E-state index in [0.717, 1.165) is 24.8 Å². The summed E-state index contributed by atoms with van der Waals surface area (Å²) in [5.41, 5.74) is 1.68. The summed E-state index contributed by atoms with van der Waals surface area (Å²) in [6, 6.07) is 7.04. The zero-order valence-corrected chi connectivity index (χ0v) is 11.1. The van der Waals surface area contributed by atoms with E-state index < -0.39 is 11.9 Å². The number of amides is 1. The Morgan fingerprint density at radius 3 is 2.42 bits per heavy atom. The van der Waals surface area contributed by atoms with E-state index in [-0.39, 0.29) is 11.9 Å². The van der Waals surface area contributed by atoms with E-state index >= 15 is 0 Å². The molecule has 1 aliphatic carbocycles. The first-order chi connectivity index (χ1) is 9.08. The van der Waals surface area contributed by atoms with Crippen LogP contribution >= 0.6 is 0 Å². The standard InChI is InChI=1S/C15H19NO3/c1-10-6-8-11(9-7-10)14(17)16-13-5-3-2-4-12(13)15(18)19/h6-9,12-13H,2-5H2,1H3,(H,16,17)(H,18,19). The SMILES string of the molecule is Cc1ccc(C(=O)NC2CCCCC2C(=O)O)cc1. The smallest absolute Gasteiger partial charge is 0.308 e. The van der Waals surface area contributed by atoms with Gasteiger partial charge in [0.2, 0.25) is 0 Å². The molecule has 0 spiro atoms. The number of hydrogen-bond donors (Lipinski definition) is 2. The van der Waals surface area contributed by atoms with Gasteiger partial charge in [0.1, 0.15) is 0 Å². The maximum atomic E-state index is 12.1. The molecule has 4 nitrogen and oxygen atoms in total. The van der Waals surface area contributed by atoms with Crippen molar-refractivity contribution >= 4 is 11.9 Å². The van der Waals surface area contributed by atoms with Gasteiger partial charge in [0, 0.05) is 11.6 Å². The number of aryl methyl sites for hydroxylation is 1. The first kappa shape index (κ1) is 13.6. The third kappa shape index (κ3) is 3.34. The summed E-state index contributed by atoms with van der Waals surface area (Å²) in [7, 11) is 0. The highest BCUT2D eigenvalue weighted by Gasteiger charge is 2.31. The fourth-order valence-corrected chi connectivity index (χ4v) is 2.56. The molecule has 102 valence electrons. The highest BCUT2D eigenvalue weighted by atomic mass is 16.4. The molecule has 1 aromatic carbocycles.